The Hall–Kier alpha value is -1.60. The van der Waals surface area contributed by atoms with Crippen LogP contribution in [0.2, 0.25) is 0 Å². The fraction of sp³-hybridized carbons (Fsp3) is 0.562. The maximum atomic E-state index is 12.5. The van der Waals surface area contributed by atoms with Crippen molar-refractivity contribution >= 4 is 21.6 Å². The van der Waals surface area contributed by atoms with Crippen LogP contribution in [0.3, 0.4) is 0 Å². The van der Waals surface area contributed by atoms with Gasteiger partial charge in [-0.15, -0.1) is 0 Å². The zero-order valence-electron chi connectivity index (χ0n) is 13.2. The quantitative estimate of drug-likeness (QED) is 0.891. The number of anilines is 1. The number of nitrogens with one attached hydrogen (secondary N) is 1. The molecule has 0 bridgehead atoms. The van der Waals surface area contributed by atoms with Crippen molar-refractivity contribution in [1.82, 2.24) is 4.31 Å². The van der Waals surface area contributed by atoms with Crippen molar-refractivity contribution < 1.29 is 17.9 Å². The lowest BCUT2D eigenvalue weighted by molar-refractivity contribution is -0.116. The van der Waals surface area contributed by atoms with Crippen LogP contribution in [0.4, 0.5) is 5.69 Å². The van der Waals surface area contributed by atoms with Crippen molar-refractivity contribution in [3.8, 4) is 5.75 Å². The van der Waals surface area contributed by atoms with Gasteiger partial charge in [0.15, 0.2) is 0 Å². The van der Waals surface area contributed by atoms with Gasteiger partial charge in [0, 0.05) is 12.2 Å². The minimum Gasteiger partial charge on any atom is -0.494 e. The Balaban J connectivity index is 1.61. The molecule has 1 saturated carbocycles. The fourth-order valence-electron chi connectivity index (χ4n) is 3.07. The standard InChI is InChI=1S/C16H22N2O4S/c1-2-22-14-6-4-13(5-7-14)17-15(19)12-18-11-3-8-16(9-10-16)23(18,20)21/h4-7H,2-3,8-12H2,1H3,(H,17,19). The van der Waals surface area contributed by atoms with Crippen molar-refractivity contribution in [3.05, 3.63) is 24.3 Å². The van der Waals surface area contributed by atoms with E-state index in [4.69, 9.17) is 4.74 Å². The molecule has 23 heavy (non-hydrogen) atoms. The van der Waals surface area contributed by atoms with Gasteiger partial charge in [0.05, 0.1) is 17.9 Å². The van der Waals surface area contributed by atoms with Crippen molar-refractivity contribution in [2.45, 2.75) is 37.4 Å². The van der Waals surface area contributed by atoms with E-state index in [1.807, 2.05) is 6.92 Å². The van der Waals surface area contributed by atoms with Crippen LogP contribution in [-0.2, 0) is 14.8 Å². The van der Waals surface area contributed by atoms with Crippen LogP contribution in [0.5, 0.6) is 5.75 Å². The Morgan fingerprint density at radius 1 is 1.26 bits per heavy atom. The van der Waals surface area contributed by atoms with Crippen LogP contribution in [0.25, 0.3) is 0 Å². The Kier molecular flexibility index (Phi) is 4.33. The van der Waals surface area contributed by atoms with Crippen LogP contribution >= 0.6 is 0 Å². The predicted octanol–water partition coefficient (Wildman–Crippen LogP) is 1.98. The van der Waals surface area contributed by atoms with Crippen molar-refractivity contribution in [1.29, 1.82) is 0 Å². The molecule has 2 aliphatic rings. The zero-order chi connectivity index (χ0) is 16.5. The summed E-state index contributed by atoms with van der Waals surface area (Å²) in [5.41, 5.74) is 0.633. The summed E-state index contributed by atoms with van der Waals surface area (Å²) in [7, 11) is -3.34. The van der Waals surface area contributed by atoms with Gasteiger partial charge >= 0.3 is 0 Å². The van der Waals surface area contributed by atoms with E-state index in [-0.39, 0.29) is 12.5 Å². The first kappa shape index (κ1) is 16.3. The van der Waals surface area contributed by atoms with Crippen molar-refractivity contribution in [3.63, 3.8) is 0 Å². The Labute approximate surface area is 136 Å². The van der Waals surface area contributed by atoms with Gasteiger partial charge in [-0.2, -0.15) is 4.31 Å². The van der Waals surface area contributed by atoms with E-state index in [1.54, 1.807) is 24.3 Å². The first-order valence-corrected chi connectivity index (χ1v) is 9.43. The molecule has 7 heteroatoms. The van der Waals surface area contributed by atoms with Crippen molar-refractivity contribution in [2.75, 3.05) is 25.0 Å². The number of sulfonamides is 1. The number of hydrogen-bond donors (Lipinski definition) is 1. The summed E-state index contributed by atoms with van der Waals surface area (Å²) in [5, 5.41) is 2.74. The van der Waals surface area contributed by atoms with Crippen LogP contribution < -0.4 is 10.1 Å². The van der Waals surface area contributed by atoms with Gasteiger partial charge in [-0.1, -0.05) is 0 Å². The number of rotatable bonds is 5. The summed E-state index contributed by atoms with van der Waals surface area (Å²) < 4.78 is 31.2. The number of ether oxygens (including phenoxy) is 1. The lowest BCUT2D eigenvalue weighted by Gasteiger charge is -2.32. The molecule has 1 aromatic rings. The van der Waals surface area contributed by atoms with Gasteiger partial charge in [-0.3, -0.25) is 4.79 Å². The summed E-state index contributed by atoms with van der Waals surface area (Å²) >= 11 is 0. The van der Waals surface area contributed by atoms with Gasteiger partial charge in [0.25, 0.3) is 0 Å². The number of carbonyl (C=O) groups is 1. The number of nitrogens with zero attached hydrogens (tertiary/aromatic N) is 1. The van der Waals surface area contributed by atoms with E-state index in [2.05, 4.69) is 5.32 Å². The lowest BCUT2D eigenvalue weighted by Crippen LogP contribution is -2.48. The first-order chi connectivity index (χ1) is 11.0. The Bertz CT molecular complexity index is 681. The second-order valence-electron chi connectivity index (χ2n) is 6.13. The number of carbonyl (C=O) groups excluding carboxylic acids is 1. The molecule has 1 aliphatic heterocycles. The summed E-state index contributed by atoms with van der Waals surface area (Å²) in [5.74, 6) is 0.426. The summed E-state index contributed by atoms with van der Waals surface area (Å²) in [4.78, 5) is 12.2. The van der Waals surface area contributed by atoms with Gasteiger partial charge in [-0.25, -0.2) is 8.42 Å². The molecule has 126 valence electrons. The second kappa shape index (κ2) is 6.13. The van der Waals surface area contributed by atoms with E-state index < -0.39 is 14.8 Å². The Morgan fingerprint density at radius 3 is 2.57 bits per heavy atom. The third kappa shape index (κ3) is 3.21. The molecule has 1 amide bonds. The molecule has 6 nitrogen and oxygen atoms in total. The highest BCUT2D eigenvalue weighted by atomic mass is 32.2. The minimum absolute atomic E-state index is 0.114. The number of amides is 1. The maximum absolute atomic E-state index is 12.5. The average Bonchev–Trinajstić information content (AvgIpc) is 3.28. The maximum Gasteiger partial charge on any atom is 0.239 e. The van der Waals surface area contributed by atoms with Crippen molar-refractivity contribution in [2.24, 2.45) is 0 Å². The molecule has 3 rings (SSSR count). The van der Waals surface area contributed by atoms with Gasteiger partial charge in [-0.05, 0) is 56.9 Å². The molecule has 2 fully saturated rings. The highest BCUT2D eigenvalue weighted by molar-refractivity contribution is 7.90. The first-order valence-electron chi connectivity index (χ1n) is 7.99. The summed E-state index contributed by atoms with van der Waals surface area (Å²) in [6.07, 6.45) is 3.01. The molecule has 0 atom stereocenters. The van der Waals surface area contributed by atoms with Crippen LogP contribution in [0.1, 0.15) is 32.6 Å². The molecule has 1 aromatic carbocycles. The van der Waals surface area contributed by atoms with Crippen LogP contribution in [0.15, 0.2) is 24.3 Å². The van der Waals surface area contributed by atoms with Crippen LogP contribution in [0, 0.1) is 0 Å². The summed E-state index contributed by atoms with van der Waals surface area (Å²) in [6.45, 7) is 2.81. The predicted molar refractivity (Wildman–Crippen MR) is 87.9 cm³/mol. The highest BCUT2D eigenvalue weighted by Gasteiger charge is 2.58. The minimum atomic E-state index is -3.34. The van der Waals surface area contributed by atoms with E-state index >= 15 is 0 Å². The lowest BCUT2D eigenvalue weighted by atomic mass is 10.2. The van der Waals surface area contributed by atoms with Gasteiger partial charge in [0.1, 0.15) is 5.75 Å². The van der Waals surface area contributed by atoms with Crippen LogP contribution in [-0.4, -0.2) is 43.1 Å². The molecular formula is C16H22N2O4S. The average molecular weight is 338 g/mol. The van der Waals surface area contributed by atoms with Gasteiger partial charge in [0.2, 0.25) is 15.9 Å². The second-order valence-corrected chi connectivity index (χ2v) is 8.46. The van der Waals surface area contributed by atoms with E-state index in [9.17, 15) is 13.2 Å². The van der Waals surface area contributed by atoms with E-state index in [0.717, 1.165) is 31.4 Å². The molecule has 1 saturated heterocycles. The third-order valence-corrected chi connectivity index (χ3v) is 7.20. The van der Waals surface area contributed by atoms with E-state index in [0.29, 0.717) is 18.8 Å². The molecule has 0 unspecified atom stereocenters. The zero-order valence-corrected chi connectivity index (χ0v) is 14.1. The molecule has 1 aliphatic carbocycles. The smallest absolute Gasteiger partial charge is 0.239 e. The Morgan fingerprint density at radius 2 is 1.96 bits per heavy atom. The molecule has 0 aromatic heterocycles. The highest BCUT2D eigenvalue weighted by Crippen LogP contribution is 2.50. The number of hydrogen-bond acceptors (Lipinski definition) is 4. The topological polar surface area (TPSA) is 75.7 Å². The molecule has 1 spiro atoms. The monoisotopic (exact) mass is 338 g/mol. The normalized spacial score (nSPS) is 21.8. The third-order valence-electron chi connectivity index (χ3n) is 4.50. The number of benzene rings is 1. The largest absolute Gasteiger partial charge is 0.494 e. The molecule has 1 heterocycles. The van der Waals surface area contributed by atoms with E-state index in [1.165, 1.54) is 4.31 Å². The SMILES string of the molecule is CCOc1ccc(NC(=O)CN2CCCC3(CC3)S2(=O)=O)cc1. The fourth-order valence-corrected chi connectivity index (χ4v) is 5.30. The molecule has 1 N–H and O–H groups in total. The van der Waals surface area contributed by atoms with Gasteiger partial charge < -0.3 is 10.1 Å². The molecular weight excluding hydrogens is 316 g/mol. The summed E-state index contributed by atoms with van der Waals surface area (Å²) in [6, 6.07) is 7.04. The molecule has 0 radical (unpaired) electrons.